The van der Waals surface area contributed by atoms with Crippen molar-refractivity contribution in [2.45, 2.75) is 13.5 Å². The first kappa shape index (κ1) is 13.1. The van der Waals surface area contributed by atoms with Gasteiger partial charge in [-0.3, -0.25) is 4.68 Å². The summed E-state index contributed by atoms with van der Waals surface area (Å²) in [6.45, 7) is -1.12. The lowest BCUT2D eigenvalue weighted by molar-refractivity contribution is -0.0493. The van der Waals surface area contributed by atoms with Gasteiger partial charge in [0.2, 0.25) is 0 Å². The fourth-order valence-corrected chi connectivity index (χ4v) is 1.72. The van der Waals surface area contributed by atoms with Crippen LogP contribution in [0, 0.1) is 6.92 Å². The number of para-hydroxylation sites is 2. The van der Waals surface area contributed by atoms with Gasteiger partial charge in [-0.25, -0.2) is 0 Å². The fourth-order valence-electron chi connectivity index (χ4n) is 1.72. The molecule has 1 aromatic carbocycles. The van der Waals surface area contributed by atoms with Gasteiger partial charge < -0.3 is 15.8 Å². The Hall–Kier alpha value is -2.31. The average molecular weight is 268 g/mol. The molecule has 0 fully saturated rings. The average Bonchev–Trinajstić information content (AvgIpc) is 2.57. The quantitative estimate of drug-likeness (QED) is 0.894. The number of rotatable bonds is 4. The van der Waals surface area contributed by atoms with Crippen molar-refractivity contribution in [1.82, 2.24) is 9.78 Å². The third kappa shape index (κ3) is 2.75. The second-order valence-corrected chi connectivity index (χ2v) is 3.97. The maximum Gasteiger partial charge on any atom is 0.387 e. The molecule has 0 unspecified atom stereocenters. The largest absolute Gasteiger partial charge is 0.433 e. The SMILES string of the molecule is Cc1nn(C)c(Nc2ccccc2OC(F)F)c1N. The van der Waals surface area contributed by atoms with Gasteiger partial charge in [0, 0.05) is 7.05 Å². The topological polar surface area (TPSA) is 65.1 Å². The van der Waals surface area contributed by atoms with Crippen LogP contribution in [-0.4, -0.2) is 16.4 Å². The minimum atomic E-state index is -2.88. The number of halogens is 2. The molecule has 0 aliphatic heterocycles. The van der Waals surface area contributed by atoms with E-state index in [0.29, 0.717) is 22.9 Å². The number of nitrogens with one attached hydrogen (secondary N) is 1. The monoisotopic (exact) mass is 268 g/mol. The van der Waals surface area contributed by atoms with Crippen LogP contribution in [0.5, 0.6) is 5.75 Å². The highest BCUT2D eigenvalue weighted by Crippen LogP contribution is 2.31. The molecule has 19 heavy (non-hydrogen) atoms. The number of ether oxygens (including phenoxy) is 1. The highest BCUT2D eigenvalue weighted by molar-refractivity contribution is 5.73. The zero-order valence-electron chi connectivity index (χ0n) is 10.5. The maximum absolute atomic E-state index is 12.3. The first-order valence-corrected chi connectivity index (χ1v) is 5.59. The molecular formula is C12H14F2N4O. The highest BCUT2D eigenvalue weighted by Gasteiger charge is 2.14. The number of hydrogen-bond donors (Lipinski definition) is 2. The molecule has 0 bridgehead atoms. The van der Waals surface area contributed by atoms with E-state index in [-0.39, 0.29) is 5.75 Å². The van der Waals surface area contributed by atoms with Gasteiger partial charge in [0.1, 0.15) is 5.75 Å². The molecule has 7 heteroatoms. The van der Waals surface area contributed by atoms with Crippen LogP contribution in [0.4, 0.5) is 26.0 Å². The fraction of sp³-hybridized carbons (Fsp3) is 0.250. The van der Waals surface area contributed by atoms with E-state index in [9.17, 15) is 8.78 Å². The molecule has 102 valence electrons. The maximum atomic E-state index is 12.3. The van der Waals surface area contributed by atoms with Gasteiger partial charge in [0.25, 0.3) is 0 Å². The Kier molecular flexibility index (Phi) is 3.55. The van der Waals surface area contributed by atoms with Crippen LogP contribution in [0.25, 0.3) is 0 Å². The van der Waals surface area contributed by atoms with E-state index >= 15 is 0 Å². The number of aromatic nitrogens is 2. The predicted molar refractivity (Wildman–Crippen MR) is 68.7 cm³/mol. The van der Waals surface area contributed by atoms with Crippen molar-refractivity contribution in [3.8, 4) is 5.75 Å². The van der Waals surface area contributed by atoms with Crippen LogP contribution in [-0.2, 0) is 7.05 Å². The normalized spacial score (nSPS) is 10.8. The Labute approximate surface area is 109 Å². The van der Waals surface area contributed by atoms with E-state index in [2.05, 4.69) is 15.2 Å². The van der Waals surface area contributed by atoms with Crippen LogP contribution >= 0.6 is 0 Å². The Morgan fingerprint density at radius 3 is 2.63 bits per heavy atom. The third-order valence-electron chi connectivity index (χ3n) is 2.62. The van der Waals surface area contributed by atoms with E-state index < -0.39 is 6.61 Å². The Bertz CT molecular complexity index is 583. The molecule has 0 aliphatic carbocycles. The van der Waals surface area contributed by atoms with Gasteiger partial charge >= 0.3 is 6.61 Å². The number of alkyl halides is 2. The van der Waals surface area contributed by atoms with Gasteiger partial charge in [-0.05, 0) is 19.1 Å². The molecule has 0 aliphatic rings. The summed E-state index contributed by atoms with van der Waals surface area (Å²) >= 11 is 0. The van der Waals surface area contributed by atoms with Crippen molar-refractivity contribution in [3.63, 3.8) is 0 Å². The number of nitrogens with zero attached hydrogens (tertiary/aromatic N) is 2. The van der Waals surface area contributed by atoms with Crippen molar-refractivity contribution >= 4 is 17.2 Å². The van der Waals surface area contributed by atoms with E-state index in [1.165, 1.54) is 6.07 Å². The summed E-state index contributed by atoms with van der Waals surface area (Å²) in [5.74, 6) is 0.582. The molecule has 1 aromatic heterocycles. The Balaban J connectivity index is 2.33. The van der Waals surface area contributed by atoms with E-state index in [1.54, 1.807) is 36.9 Å². The minimum absolute atomic E-state index is 0.0516. The van der Waals surface area contributed by atoms with Gasteiger partial charge in [-0.15, -0.1) is 0 Å². The zero-order chi connectivity index (χ0) is 14.0. The summed E-state index contributed by atoms with van der Waals surface area (Å²) in [6.07, 6.45) is 0. The number of nitrogens with two attached hydrogens (primary N) is 1. The van der Waals surface area contributed by atoms with Gasteiger partial charge in [0.15, 0.2) is 5.82 Å². The number of aryl methyl sites for hydroxylation is 2. The molecule has 1 heterocycles. The summed E-state index contributed by atoms with van der Waals surface area (Å²) in [5.41, 5.74) is 7.40. The lowest BCUT2D eigenvalue weighted by atomic mass is 10.3. The lowest BCUT2D eigenvalue weighted by Crippen LogP contribution is -2.06. The summed E-state index contributed by atoms with van der Waals surface area (Å²) in [7, 11) is 1.71. The second kappa shape index (κ2) is 5.13. The van der Waals surface area contributed by atoms with Crippen molar-refractivity contribution < 1.29 is 13.5 Å². The first-order valence-electron chi connectivity index (χ1n) is 5.59. The van der Waals surface area contributed by atoms with Crippen molar-refractivity contribution in [2.75, 3.05) is 11.1 Å². The molecule has 0 atom stereocenters. The molecule has 2 aromatic rings. The van der Waals surface area contributed by atoms with Crippen LogP contribution in [0.1, 0.15) is 5.69 Å². The van der Waals surface area contributed by atoms with E-state index in [4.69, 9.17) is 5.73 Å². The molecule has 5 nitrogen and oxygen atoms in total. The lowest BCUT2D eigenvalue weighted by Gasteiger charge is -2.13. The molecule has 0 spiro atoms. The summed E-state index contributed by atoms with van der Waals surface area (Å²) < 4.78 is 30.6. The third-order valence-corrected chi connectivity index (χ3v) is 2.62. The van der Waals surface area contributed by atoms with Gasteiger partial charge in [-0.1, -0.05) is 12.1 Å². The Morgan fingerprint density at radius 2 is 2.05 bits per heavy atom. The number of nitrogen functional groups attached to an aromatic ring is 1. The number of anilines is 3. The molecule has 0 radical (unpaired) electrons. The molecule has 0 saturated heterocycles. The van der Waals surface area contributed by atoms with E-state index in [0.717, 1.165) is 0 Å². The molecule has 3 N–H and O–H groups in total. The number of hydrogen-bond acceptors (Lipinski definition) is 4. The van der Waals surface area contributed by atoms with Crippen LogP contribution < -0.4 is 15.8 Å². The van der Waals surface area contributed by atoms with Gasteiger partial charge in [-0.2, -0.15) is 13.9 Å². The summed E-state index contributed by atoms with van der Waals surface area (Å²) in [6, 6.07) is 6.40. The summed E-state index contributed by atoms with van der Waals surface area (Å²) in [4.78, 5) is 0. The van der Waals surface area contributed by atoms with Crippen LogP contribution in [0.3, 0.4) is 0 Å². The molecule has 0 saturated carbocycles. The molecule has 2 rings (SSSR count). The number of benzene rings is 1. The molecule has 0 amide bonds. The predicted octanol–water partition coefficient (Wildman–Crippen LogP) is 2.66. The van der Waals surface area contributed by atoms with Crippen molar-refractivity contribution in [1.29, 1.82) is 0 Å². The highest BCUT2D eigenvalue weighted by atomic mass is 19.3. The van der Waals surface area contributed by atoms with Crippen LogP contribution in [0.2, 0.25) is 0 Å². The minimum Gasteiger partial charge on any atom is -0.433 e. The smallest absolute Gasteiger partial charge is 0.387 e. The van der Waals surface area contributed by atoms with Crippen LogP contribution in [0.15, 0.2) is 24.3 Å². The zero-order valence-corrected chi connectivity index (χ0v) is 10.5. The standard InChI is InChI=1S/C12H14F2N4O/c1-7-10(15)11(18(2)17-7)16-8-5-3-4-6-9(8)19-12(13)14/h3-6,12,16H,15H2,1-2H3. The second-order valence-electron chi connectivity index (χ2n) is 3.97. The Morgan fingerprint density at radius 1 is 1.37 bits per heavy atom. The van der Waals surface area contributed by atoms with Crippen molar-refractivity contribution in [3.05, 3.63) is 30.0 Å². The summed E-state index contributed by atoms with van der Waals surface area (Å²) in [5, 5.41) is 7.09. The molecular weight excluding hydrogens is 254 g/mol. The van der Waals surface area contributed by atoms with E-state index in [1.807, 2.05) is 0 Å². The van der Waals surface area contributed by atoms with Gasteiger partial charge in [0.05, 0.1) is 17.1 Å². The first-order chi connectivity index (χ1) is 8.99. The van der Waals surface area contributed by atoms with Crippen molar-refractivity contribution in [2.24, 2.45) is 7.05 Å².